The van der Waals surface area contributed by atoms with E-state index in [2.05, 4.69) is 16.0 Å². The predicted octanol–water partition coefficient (Wildman–Crippen LogP) is 5.98. The maximum atomic E-state index is 13.6. The van der Waals surface area contributed by atoms with Crippen LogP contribution in [0.5, 0.6) is 5.75 Å². The third-order valence-corrected chi connectivity index (χ3v) is 7.08. The number of hydrogen-bond donors (Lipinski definition) is 2. The Kier molecular flexibility index (Phi) is 10.1. The van der Waals surface area contributed by atoms with Gasteiger partial charge in [-0.05, 0) is 49.9 Å². The van der Waals surface area contributed by atoms with Crippen LogP contribution < -0.4 is 4.74 Å². The van der Waals surface area contributed by atoms with Gasteiger partial charge in [0, 0.05) is 29.2 Å². The molecule has 206 valence electrons. The number of carboxylic acids is 1. The van der Waals surface area contributed by atoms with Crippen LogP contribution >= 0.6 is 0 Å². The van der Waals surface area contributed by atoms with Crippen molar-refractivity contribution in [3.05, 3.63) is 59.5 Å². The molecule has 2 N–H and O–H groups in total. The Hall–Kier alpha value is -3.04. The molecule has 3 aromatic rings. The molecule has 38 heavy (non-hydrogen) atoms. The molecule has 0 aliphatic carbocycles. The van der Waals surface area contributed by atoms with E-state index in [9.17, 15) is 13.6 Å². The average Bonchev–Trinajstić information content (AvgIpc) is 3.25. The standard InChI is InChI=1S/C29H37F2N3O4/c1-20-16-23-22-10-6-7-11-24(22)33-28(23)29(34(20)18-26(30)31)25-13-12-21(17-32-25)38-15-9-5-3-2-4-8-14-37-19-27(35)36/h6-7,10-13,17,20,26,29,33H,2-5,8-9,14-16,18-19H2,1H3,(H,35,36)/t20-,29-/m1/s1. The van der Waals surface area contributed by atoms with Crippen molar-refractivity contribution in [3.8, 4) is 5.75 Å². The molecule has 2 atom stereocenters. The Morgan fingerprint density at radius 3 is 2.55 bits per heavy atom. The van der Waals surface area contributed by atoms with E-state index in [1.807, 2.05) is 42.2 Å². The minimum atomic E-state index is -2.43. The van der Waals surface area contributed by atoms with Crippen molar-refractivity contribution < 1.29 is 28.2 Å². The Balaban J connectivity index is 1.30. The molecule has 0 saturated carbocycles. The van der Waals surface area contributed by atoms with Crippen molar-refractivity contribution in [2.24, 2.45) is 0 Å². The van der Waals surface area contributed by atoms with Gasteiger partial charge < -0.3 is 19.6 Å². The molecule has 0 radical (unpaired) electrons. The number of aromatic nitrogens is 2. The first-order valence-corrected chi connectivity index (χ1v) is 13.5. The second-order valence-electron chi connectivity index (χ2n) is 9.94. The molecule has 4 rings (SSSR count). The molecule has 3 heterocycles. The van der Waals surface area contributed by atoms with Crippen molar-refractivity contribution in [1.29, 1.82) is 0 Å². The SMILES string of the molecule is C[C@@H]1Cc2c([nH]c3ccccc23)[C@@H](c2ccc(OCCCCCCCCOCC(=O)O)cn2)N1CC(F)F. The number of aliphatic carboxylic acids is 1. The van der Waals surface area contributed by atoms with Crippen LogP contribution in [0.2, 0.25) is 0 Å². The molecule has 2 aromatic heterocycles. The quantitative estimate of drug-likeness (QED) is 0.235. The number of para-hydroxylation sites is 1. The molecule has 0 amide bonds. The van der Waals surface area contributed by atoms with Crippen LogP contribution in [0, 0.1) is 0 Å². The highest BCUT2D eigenvalue weighted by atomic mass is 19.3. The van der Waals surface area contributed by atoms with Gasteiger partial charge in [0.25, 0.3) is 6.43 Å². The number of fused-ring (bicyclic) bond motifs is 3. The fourth-order valence-corrected chi connectivity index (χ4v) is 5.27. The van der Waals surface area contributed by atoms with Crippen LogP contribution in [0.15, 0.2) is 42.6 Å². The summed E-state index contributed by atoms with van der Waals surface area (Å²) in [5.74, 6) is -0.263. The summed E-state index contributed by atoms with van der Waals surface area (Å²) in [5.41, 5.74) is 3.86. The average molecular weight is 530 g/mol. The zero-order chi connectivity index (χ0) is 26.9. The molecule has 7 nitrogen and oxygen atoms in total. The Labute approximate surface area is 222 Å². The van der Waals surface area contributed by atoms with Crippen LogP contribution in [0.1, 0.15) is 68.4 Å². The molecule has 0 spiro atoms. The van der Waals surface area contributed by atoms with Crippen molar-refractivity contribution in [2.45, 2.75) is 70.4 Å². The van der Waals surface area contributed by atoms with Gasteiger partial charge in [-0.3, -0.25) is 9.88 Å². The summed E-state index contributed by atoms with van der Waals surface area (Å²) in [6.45, 7) is 2.54. The summed E-state index contributed by atoms with van der Waals surface area (Å²) >= 11 is 0. The number of alkyl halides is 2. The second kappa shape index (κ2) is 13.7. The van der Waals surface area contributed by atoms with E-state index in [-0.39, 0.29) is 25.2 Å². The van der Waals surface area contributed by atoms with Gasteiger partial charge in [0.1, 0.15) is 12.4 Å². The largest absolute Gasteiger partial charge is 0.492 e. The highest BCUT2D eigenvalue weighted by Crippen LogP contribution is 2.40. The van der Waals surface area contributed by atoms with Crippen molar-refractivity contribution in [1.82, 2.24) is 14.9 Å². The van der Waals surface area contributed by atoms with E-state index >= 15 is 0 Å². The summed E-state index contributed by atoms with van der Waals surface area (Å²) in [4.78, 5) is 20.4. The number of hydrogen-bond acceptors (Lipinski definition) is 5. The lowest BCUT2D eigenvalue weighted by atomic mass is 9.90. The third-order valence-electron chi connectivity index (χ3n) is 7.08. The number of rotatable bonds is 15. The molecule has 1 aliphatic heterocycles. The van der Waals surface area contributed by atoms with Crippen molar-refractivity contribution >= 4 is 16.9 Å². The highest BCUT2D eigenvalue weighted by molar-refractivity contribution is 5.85. The fourth-order valence-electron chi connectivity index (χ4n) is 5.27. The monoisotopic (exact) mass is 529 g/mol. The summed E-state index contributed by atoms with van der Waals surface area (Å²) in [6.07, 6.45) is 6.01. The van der Waals surface area contributed by atoms with E-state index in [1.165, 1.54) is 5.56 Å². The molecule has 0 unspecified atom stereocenters. The lowest BCUT2D eigenvalue weighted by molar-refractivity contribution is -0.142. The minimum absolute atomic E-state index is 0.0456. The summed E-state index contributed by atoms with van der Waals surface area (Å²) in [5, 5.41) is 9.67. The first kappa shape index (κ1) is 28.0. The Bertz CT molecular complexity index is 1170. The van der Waals surface area contributed by atoms with Crippen LogP contribution in [-0.2, 0) is 16.0 Å². The number of carbonyl (C=O) groups is 1. The van der Waals surface area contributed by atoms with Gasteiger partial charge in [-0.1, -0.05) is 43.9 Å². The van der Waals surface area contributed by atoms with Crippen molar-refractivity contribution in [3.63, 3.8) is 0 Å². The summed E-state index contributed by atoms with van der Waals surface area (Å²) in [7, 11) is 0. The van der Waals surface area contributed by atoms with Crippen LogP contribution in [0.4, 0.5) is 8.78 Å². The molecule has 1 aromatic carbocycles. The maximum absolute atomic E-state index is 13.6. The lowest BCUT2D eigenvalue weighted by Crippen LogP contribution is -2.45. The Morgan fingerprint density at radius 1 is 1.11 bits per heavy atom. The highest BCUT2D eigenvalue weighted by Gasteiger charge is 2.37. The number of unbranched alkanes of at least 4 members (excludes halogenated alkanes) is 5. The number of halogens is 2. The van der Waals surface area contributed by atoms with Gasteiger partial charge in [0.2, 0.25) is 0 Å². The van der Waals surface area contributed by atoms with E-state index in [1.54, 1.807) is 6.20 Å². The van der Waals surface area contributed by atoms with Crippen LogP contribution in [0.25, 0.3) is 10.9 Å². The number of pyridine rings is 1. The van der Waals surface area contributed by atoms with Gasteiger partial charge in [0.05, 0.1) is 31.1 Å². The summed E-state index contributed by atoms with van der Waals surface area (Å²) in [6, 6.07) is 11.4. The van der Waals surface area contributed by atoms with E-state index in [0.717, 1.165) is 60.8 Å². The van der Waals surface area contributed by atoms with E-state index in [0.29, 0.717) is 25.4 Å². The number of benzene rings is 1. The number of ether oxygens (including phenoxy) is 2. The maximum Gasteiger partial charge on any atom is 0.329 e. The molecular weight excluding hydrogens is 492 g/mol. The molecule has 0 fully saturated rings. The first-order valence-electron chi connectivity index (χ1n) is 13.5. The zero-order valence-corrected chi connectivity index (χ0v) is 21.9. The van der Waals surface area contributed by atoms with Crippen LogP contribution in [0.3, 0.4) is 0 Å². The van der Waals surface area contributed by atoms with Gasteiger partial charge in [-0.25, -0.2) is 13.6 Å². The number of H-pyrrole nitrogens is 1. The number of carboxylic acid groups (broad SMARTS) is 1. The molecule has 0 bridgehead atoms. The smallest absolute Gasteiger partial charge is 0.329 e. The minimum Gasteiger partial charge on any atom is -0.492 e. The van der Waals surface area contributed by atoms with Gasteiger partial charge >= 0.3 is 5.97 Å². The van der Waals surface area contributed by atoms with E-state index in [4.69, 9.17) is 14.6 Å². The topological polar surface area (TPSA) is 87.7 Å². The number of nitrogens with one attached hydrogen (secondary N) is 1. The van der Waals surface area contributed by atoms with Crippen molar-refractivity contribution in [2.75, 3.05) is 26.4 Å². The van der Waals surface area contributed by atoms with Crippen LogP contribution in [-0.4, -0.2) is 64.8 Å². The van der Waals surface area contributed by atoms with Gasteiger partial charge in [0.15, 0.2) is 0 Å². The van der Waals surface area contributed by atoms with Gasteiger partial charge in [-0.2, -0.15) is 0 Å². The second-order valence-corrected chi connectivity index (χ2v) is 9.94. The molecular formula is C29H37F2N3O4. The third kappa shape index (κ3) is 7.29. The number of nitrogens with zero attached hydrogens (tertiary/aromatic N) is 2. The predicted molar refractivity (Wildman–Crippen MR) is 142 cm³/mol. The summed E-state index contributed by atoms with van der Waals surface area (Å²) < 4.78 is 38.0. The fraction of sp³-hybridized carbons (Fsp3) is 0.517. The number of aromatic amines is 1. The lowest BCUT2D eigenvalue weighted by Gasteiger charge is -2.40. The normalized spacial score (nSPS) is 17.7. The first-order chi connectivity index (χ1) is 18.4. The van der Waals surface area contributed by atoms with E-state index < -0.39 is 12.4 Å². The Morgan fingerprint density at radius 2 is 1.84 bits per heavy atom. The molecule has 1 aliphatic rings. The molecule has 0 saturated heterocycles. The molecule has 9 heteroatoms. The van der Waals surface area contributed by atoms with Gasteiger partial charge in [-0.15, -0.1) is 0 Å². The zero-order valence-electron chi connectivity index (χ0n) is 21.9.